The number of aromatic nitrogens is 1. The maximum atomic E-state index is 16.1. The van der Waals surface area contributed by atoms with E-state index in [1.165, 1.54) is 30.3 Å². The third kappa shape index (κ3) is 8.07. The normalized spacial score (nSPS) is 26.1. The Bertz CT molecular complexity index is 3500. The van der Waals surface area contributed by atoms with Crippen molar-refractivity contribution in [1.82, 2.24) is 10.3 Å². The molecule has 0 amide bonds. The molecule has 1 aromatic heterocycles. The van der Waals surface area contributed by atoms with Gasteiger partial charge in [-0.05, 0) is 60.2 Å². The summed E-state index contributed by atoms with van der Waals surface area (Å²) in [4.78, 5) is 11.1. The molecule has 25 heteroatoms. The zero-order chi connectivity index (χ0) is 53.8. The quantitative estimate of drug-likeness (QED) is 0.0543. The maximum absolute atomic E-state index is 16.1. The summed E-state index contributed by atoms with van der Waals surface area (Å²) in [5.74, 6) is -39.7. The second-order valence-corrected chi connectivity index (χ2v) is 17.0. The van der Waals surface area contributed by atoms with E-state index in [0.717, 1.165) is 42.5 Å². The number of rotatable bonds is 7. The third-order valence-corrected chi connectivity index (χ3v) is 12.7. The molecule has 0 saturated carbocycles. The lowest BCUT2D eigenvalue weighted by molar-refractivity contribution is -0.277. The van der Waals surface area contributed by atoms with Crippen LogP contribution in [-0.2, 0) is 4.74 Å². The predicted octanol–water partition coefficient (Wildman–Crippen LogP) is 8.56. The van der Waals surface area contributed by atoms with E-state index in [9.17, 15) is 33.6 Å². The zero-order valence-electron chi connectivity index (χ0n) is 36.8. The van der Waals surface area contributed by atoms with Crippen LogP contribution in [0.5, 0.6) is 5.75 Å². The number of hydrogen-bond donors (Lipinski definition) is 6. The Labute approximate surface area is 409 Å². The van der Waals surface area contributed by atoms with Crippen molar-refractivity contribution in [3.8, 4) is 5.75 Å². The number of H-pyrrole nitrogens is 1. The minimum absolute atomic E-state index is 0.0147. The van der Waals surface area contributed by atoms with E-state index in [1.807, 2.05) is 0 Å². The van der Waals surface area contributed by atoms with Crippen LogP contribution in [0.2, 0.25) is 0 Å². The SMILES string of the molecule is OCC1O[C@@H](Oc2cccc(/C3=C4\C=CC(N4)C(c4c(F)c(F)c(F)c(F)c4F)C4=N/C(=C(/c5c(F)c(F)c(F)c(F)c5F)c5ccc([nH]5)/C(c5c(F)c(F)c(F)c(F)c5F)=C5/C=CC3=N5)C=C4)c2)C(O)C(O)[C@@H]1O. The van der Waals surface area contributed by atoms with Crippen molar-refractivity contribution in [2.75, 3.05) is 6.61 Å². The summed E-state index contributed by atoms with van der Waals surface area (Å²) in [7, 11) is 0. The van der Waals surface area contributed by atoms with Crippen molar-refractivity contribution in [2.45, 2.75) is 42.7 Å². The molecule has 5 aromatic rings. The molecular weight excluding hydrogens is 1040 g/mol. The first-order valence-electron chi connectivity index (χ1n) is 21.7. The molecular formula is C50H27F15N4O6. The van der Waals surface area contributed by atoms with Gasteiger partial charge in [-0.15, -0.1) is 0 Å². The highest BCUT2D eigenvalue weighted by Crippen LogP contribution is 2.44. The number of aromatic amines is 1. The summed E-state index contributed by atoms with van der Waals surface area (Å²) in [5.41, 5.74) is -11.5. The number of nitrogens with one attached hydrogen (secondary N) is 2. The molecule has 4 aromatic carbocycles. The Morgan fingerprint density at radius 2 is 1.04 bits per heavy atom. The van der Waals surface area contributed by atoms with Gasteiger partial charge in [0.25, 0.3) is 0 Å². The number of ether oxygens (including phenoxy) is 2. The van der Waals surface area contributed by atoms with E-state index in [1.54, 1.807) is 0 Å². The van der Waals surface area contributed by atoms with Gasteiger partial charge < -0.3 is 40.2 Å². The van der Waals surface area contributed by atoms with Crippen LogP contribution < -0.4 is 10.1 Å². The number of benzene rings is 4. The van der Waals surface area contributed by atoms with Crippen LogP contribution in [-0.4, -0.2) is 80.2 Å². The van der Waals surface area contributed by atoms with Crippen molar-refractivity contribution >= 4 is 28.1 Å². The highest BCUT2D eigenvalue weighted by Gasteiger charge is 2.45. The van der Waals surface area contributed by atoms with E-state index in [2.05, 4.69) is 20.3 Å². The lowest BCUT2D eigenvalue weighted by atomic mass is 9.86. The minimum atomic E-state index is -2.65. The smallest absolute Gasteiger partial charge is 0.229 e. The highest BCUT2D eigenvalue weighted by molar-refractivity contribution is 6.32. The Hall–Kier alpha value is -7.71. The third-order valence-electron chi connectivity index (χ3n) is 12.7. The van der Waals surface area contributed by atoms with E-state index >= 15 is 52.7 Å². The first-order valence-corrected chi connectivity index (χ1v) is 21.7. The van der Waals surface area contributed by atoms with E-state index in [0.29, 0.717) is 0 Å². The van der Waals surface area contributed by atoms with Crippen LogP contribution in [0.3, 0.4) is 0 Å². The van der Waals surface area contributed by atoms with Crippen molar-refractivity contribution in [3.05, 3.63) is 211 Å². The highest BCUT2D eigenvalue weighted by atomic mass is 19.2. The fourth-order valence-electron chi connectivity index (χ4n) is 9.17. The van der Waals surface area contributed by atoms with Gasteiger partial charge in [0.15, 0.2) is 69.8 Å². The summed E-state index contributed by atoms with van der Waals surface area (Å²) < 4.78 is 242. The summed E-state index contributed by atoms with van der Waals surface area (Å²) in [6, 6.07) is 5.07. The molecule has 0 aliphatic carbocycles. The van der Waals surface area contributed by atoms with E-state index in [-0.39, 0.29) is 28.3 Å². The lowest BCUT2D eigenvalue weighted by Crippen LogP contribution is -2.60. The fraction of sp³-hybridized carbons (Fsp3) is 0.160. The molecule has 5 aliphatic rings. The molecule has 1 fully saturated rings. The number of aliphatic hydroxyl groups excluding tert-OH is 4. The second-order valence-electron chi connectivity index (χ2n) is 17.0. The lowest BCUT2D eigenvalue weighted by Gasteiger charge is -2.39. The summed E-state index contributed by atoms with van der Waals surface area (Å²) in [5, 5.41) is 44.0. The summed E-state index contributed by atoms with van der Waals surface area (Å²) in [6.45, 7) is -0.850. The Morgan fingerprint density at radius 3 is 1.59 bits per heavy atom. The van der Waals surface area contributed by atoms with Gasteiger partial charge in [0.1, 0.15) is 30.2 Å². The average Bonchev–Trinajstić information content (AvgIpc) is 4.27. The first kappa shape index (κ1) is 50.8. The van der Waals surface area contributed by atoms with Crippen molar-refractivity contribution < 1.29 is 95.8 Å². The standard InChI is InChI=1S/C50H27F15N4O6/c51-32-29(33(52)39(58)44(63)38(32)57)26-18-6-4-16(66-18)25(14-2-1-3-15(12-14)74-50-49(73)48(72)47(71)24(13-70)75-50)17-5-7-19(67-17)27(30-34(53)40(59)45(64)41(60)35(30)54)21-9-11-23(69-21)28(22-10-8-20(26)68-22)31-36(55)42(61)46(65)43(62)37(31)56/h1-12,18,24,26,47-50,66,69-73H,13H2/b25-16-,27-19+,28-22+/t18?,24?,26?,47-,48?,49?,50-/m1/s1. The van der Waals surface area contributed by atoms with Gasteiger partial charge in [-0.3, -0.25) is 4.99 Å². The average molecular weight is 1060 g/mol. The molecule has 10 rings (SSSR count). The van der Waals surface area contributed by atoms with Crippen LogP contribution in [0.4, 0.5) is 65.9 Å². The van der Waals surface area contributed by atoms with E-state index in [4.69, 9.17) is 9.47 Å². The zero-order valence-corrected chi connectivity index (χ0v) is 36.8. The fourth-order valence-corrected chi connectivity index (χ4v) is 9.17. The van der Waals surface area contributed by atoms with Crippen LogP contribution in [0.25, 0.3) is 16.7 Å². The molecule has 0 spiro atoms. The molecule has 6 N–H and O–H groups in total. The molecule has 10 nitrogen and oxygen atoms in total. The summed E-state index contributed by atoms with van der Waals surface area (Å²) >= 11 is 0. The number of aliphatic hydroxyl groups is 4. The monoisotopic (exact) mass is 1060 g/mol. The van der Waals surface area contributed by atoms with Crippen LogP contribution in [0.1, 0.15) is 39.6 Å². The Balaban J connectivity index is 1.27. The van der Waals surface area contributed by atoms with Gasteiger partial charge in [0.05, 0.1) is 52.5 Å². The minimum Gasteiger partial charge on any atom is -0.462 e. The van der Waals surface area contributed by atoms with E-state index < -0.39 is 193 Å². The predicted molar refractivity (Wildman–Crippen MR) is 231 cm³/mol. The number of nitrogens with zero attached hydrogens (tertiary/aromatic N) is 2. The van der Waals surface area contributed by atoms with Gasteiger partial charge in [-0.25, -0.2) is 70.8 Å². The molecule has 8 bridgehead atoms. The van der Waals surface area contributed by atoms with Gasteiger partial charge in [0.2, 0.25) is 23.7 Å². The number of fused-ring (bicyclic) bond motifs is 6. The molecule has 6 heterocycles. The molecule has 5 unspecified atom stereocenters. The summed E-state index contributed by atoms with van der Waals surface area (Å²) in [6.07, 6.45) is -2.86. The number of allylic oxidation sites excluding steroid dienone is 6. The van der Waals surface area contributed by atoms with Gasteiger partial charge in [-0.1, -0.05) is 18.2 Å². The number of hydrogen-bond acceptors (Lipinski definition) is 9. The Kier molecular flexibility index (Phi) is 12.8. The first-order chi connectivity index (χ1) is 35.6. The van der Waals surface area contributed by atoms with Gasteiger partial charge >= 0.3 is 0 Å². The van der Waals surface area contributed by atoms with Crippen molar-refractivity contribution in [2.24, 2.45) is 9.98 Å². The number of halogens is 15. The second kappa shape index (κ2) is 18.9. The topological polar surface area (TPSA) is 152 Å². The number of aliphatic imine (C=N–C) groups is 2. The molecule has 5 aliphatic heterocycles. The molecule has 7 atom stereocenters. The molecule has 0 radical (unpaired) electrons. The maximum Gasteiger partial charge on any atom is 0.229 e. The van der Waals surface area contributed by atoms with Crippen molar-refractivity contribution in [3.63, 3.8) is 0 Å². The Morgan fingerprint density at radius 1 is 0.533 bits per heavy atom. The van der Waals surface area contributed by atoms with Crippen LogP contribution in [0.15, 0.2) is 99.9 Å². The molecule has 1 saturated heterocycles. The van der Waals surface area contributed by atoms with Crippen molar-refractivity contribution in [1.29, 1.82) is 0 Å². The van der Waals surface area contributed by atoms with Gasteiger partial charge in [-0.2, -0.15) is 0 Å². The van der Waals surface area contributed by atoms with Gasteiger partial charge in [0, 0.05) is 39.4 Å². The molecule has 75 heavy (non-hydrogen) atoms. The molecule has 388 valence electrons. The van der Waals surface area contributed by atoms with Crippen LogP contribution in [0, 0.1) is 87.3 Å². The largest absolute Gasteiger partial charge is 0.462 e. The van der Waals surface area contributed by atoms with Crippen LogP contribution >= 0.6 is 0 Å².